The Balaban J connectivity index is 2.02. The molecule has 0 radical (unpaired) electrons. The zero-order valence-corrected chi connectivity index (χ0v) is 9.77. The minimum absolute atomic E-state index is 0.135. The molecule has 2 unspecified atom stereocenters. The largest absolute Gasteiger partial charge is 0.481 e. The number of carbonyl (C=O) groups excluding carboxylic acids is 1. The van der Waals surface area contributed by atoms with Crippen LogP contribution in [0.5, 0.6) is 0 Å². The molecule has 0 saturated heterocycles. The van der Waals surface area contributed by atoms with E-state index in [2.05, 4.69) is 5.32 Å². The van der Waals surface area contributed by atoms with Crippen molar-refractivity contribution in [2.75, 3.05) is 0 Å². The fourth-order valence-corrected chi connectivity index (χ4v) is 1.93. The molecule has 4 nitrogen and oxygen atoms in total. The van der Waals surface area contributed by atoms with Crippen LogP contribution in [0.15, 0.2) is 30.4 Å². The van der Waals surface area contributed by atoms with E-state index < -0.39 is 35.5 Å². The first-order valence-corrected chi connectivity index (χ1v) is 5.64. The molecule has 1 aromatic carbocycles. The number of hydrogen-bond acceptors (Lipinski definition) is 2. The van der Waals surface area contributed by atoms with Crippen molar-refractivity contribution >= 4 is 11.9 Å². The van der Waals surface area contributed by atoms with Gasteiger partial charge in [0.15, 0.2) is 0 Å². The Morgan fingerprint density at radius 1 is 1.16 bits per heavy atom. The summed E-state index contributed by atoms with van der Waals surface area (Å²) in [6, 6.07) is 2.07. The van der Waals surface area contributed by atoms with Gasteiger partial charge in [0, 0.05) is 17.7 Å². The Labute approximate surface area is 107 Å². The summed E-state index contributed by atoms with van der Waals surface area (Å²) in [5.74, 6) is -3.93. The highest BCUT2D eigenvalue weighted by Gasteiger charge is 2.25. The van der Waals surface area contributed by atoms with Crippen molar-refractivity contribution in [1.29, 1.82) is 0 Å². The lowest BCUT2D eigenvalue weighted by atomic mass is 10.1. The summed E-state index contributed by atoms with van der Waals surface area (Å²) in [5.41, 5.74) is -0.135. The van der Waals surface area contributed by atoms with E-state index in [1.54, 1.807) is 6.08 Å². The maximum Gasteiger partial charge on any atom is 0.310 e. The van der Waals surface area contributed by atoms with E-state index in [0.717, 1.165) is 12.1 Å². The molecule has 0 aliphatic heterocycles. The predicted octanol–water partition coefficient (Wildman–Crippen LogP) is 1.72. The first-order valence-electron chi connectivity index (χ1n) is 5.64. The molecule has 0 heterocycles. The van der Waals surface area contributed by atoms with Crippen LogP contribution in [0.25, 0.3) is 0 Å². The summed E-state index contributed by atoms with van der Waals surface area (Å²) >= 11 is 0. The third-order valence-electron chi connectivity index (χ3n) is 2.84. The molecule has 0 spiro atoms. The molecule has 100 valence electrons. The molecule has 0 aromatic heterocycles. The number of benzene rings is 1. The molecule has 1 aliphatic rings. The third kappa shape index (κ3) is 3.15. The smallest absolute Gasteiger partial charge is 0.310 e. The van der Waals surface area contributed by atoms with Gasteiger partial charge in [-0.2, -0.15) is 0 Å². The second-order valence-corrected chi connectivity index (χ2v) is 4.30. The molecule has 0 fully saturated rings. The Morgan fingerprint density at radius 3 is 2.32 bits per heavy atom. The number of halogens is 2. The monoisotopic (exact) mass is 267 g/mol. The lowest BCUT2D eigenvalue weighted by molar-refractivity contribution is -0.140. The number of carboxylic acid groups (broad SMARTS) is 1. The van der Waals surface area contributed by atoms with Gasteiger partial charge in [0.1, 0.15) is 11.6 Å². The van der Waals surface area contributed by atoms with Gasteiger partial charge in [0.05, 0.1) is 5.92 Å². The standard InChI is InChI=1S/C13H11F2NO3/c14-9-3-8(4-10(15)6-9)12(17)16-11-2-1-7(5-11)13(18)19/h1-4,6-7,11H,5H2,(H,16,17)(H,18,19). The number of rotatable bonds is 3. The molecule has 0 bridgehead atoms. The van der Waals surface area contributed by atoms with Crippen LogP contribution < -0.4 is 5.32 Å². The van der Waals surface area contributed by atoms with E-state index in [-0.39, 0.29) is 12.0 Å². The first-order chi connectivity index (χ1) is 8.95. The van der Waals surface area contributed by atoms with E-state index in [1.807, 2.05) is 0 Å². The van der Waals surface area contributed by atoms with Crippen molar-refractivity contribution in [3.8, 4) is 0 Å². The maximum absolute atomic E-state index is 13.0. The highest BCUT2D eigenvalue weighted by molar-refractivity contribution is 5.94. The molecule has 2 rings (SSSR count). The molecule has 1 aromatic rings. The molecule has 1 amide bonds. The van der Waals surface area contributed by atoms with E-state index >= 15 is 0 Å². The van der Waals surface area contributed by atoms with Crippen molar-refractivity contribution in [2.24, 2.45) is 5.92 Å². The zero-order valence-electron chi connectivity index (χ0n) is 9.77. The molecule has 19 heavy (non-hydrogen) atoms. The topological polar surface area (TPSA) is 66.4 Å². The van der Waals surface area contributed by atoms with Crippen LogP contribution >= 0.6 is 0 Å². The quantitative estimate of drug-likeness (QED) is 0.819. The fourth-order valence-electron chi connectivity index (χ4n) is 1.93. The first kappa shape index (κ1) is 13.2. The number of hydrogen-bond donors (Lipinski definition) is 2. The van der Waals surface area contributed by atoms with E-state index in [1.165, 1.54) is 6.08 Å². The number of nitrogens with one attached hydrogen (secondary N) is 1. The molecule has 2 atom stereocenters. The third-order valence-corrected chi connectivity index (χ3v) is 2.84. The molecule has 0 saturated carbocycles. The van der Waals surface area contributed by atoms with Crippen LogP contribution in [-0.4, -0.2) is 23.0 Å². The van der Waals surface area contributed by atoms with Gasteiger partial charge in [0.25, 0.3) is 5.91 Å². The molecule has 6 heteroatoms. The van der Waals surface area contributed by atoms with Crippen molar-refractivity contribution in [3.63, 3.8) is 0 Å². The van der Waals surface area contributed by atoms with Crippen LogP contribution in [0.2, 0.25) is 0 Å². The van der Waals surface area contributed by atoms with Gasteiger partial charge in [-0.1, -0.05) is 12.2 Å². The number of amides is 1. The Bertz CT molecular complexity index is 537. The van der Waals surface area contributed by atoms with Crippen molar-refractivity contribution < 1.29 is 23.5 Å². The normalized spacial score (nSPS) is 21.4. The molecule has 1 aliphatic carbocycles. The summed E-state index contributed by atoms with van der Waals surface area (Å²) in [6.07, 6.45) is 3.28. The molecular weight excluding hydrogens is 256 g/mol. The van der Waals surface area contributed by atoms with E-state index in [0.29, 0.717) is 6.07 Å². The lowest BCUT2D eigenvalue weighted by Gasteiger charge is -2.12. The SMILES string of the molecule is O=C(NC1C=CC(C(=O)O)C1)c1cc(F)cc(F)c1. The Kier molecular flexibility index (Phi) is 3.59. The van der Waals surface area contributed by atoms with E-state index in [9.17, 15) is 18.4 Å². The fraction of sp³-hybridized carbons (Fsp3) is 0.231. The summed E-state index contributed by atoms with van der Waals surface area (Å²) in [5, 5.41) is 11.3. The summed E-state index contributed by atoms with van der Waals surface area (Å²) in [7, 11) is 0. The molecule has 2 N–H and O–H groups in total. The van der Waals surface area contributed by atoms with Gasteiger partial charge in [-0.3, -0.25) is 9.59 Å². The Hall–Kier alpha value is -2.24. The van der Waals surface area contributed by atoms with Gasteiger partial charge in [0.2, 0.25) is 0 Å². The van der Waals surface area contributed by atoms with Crippen LogP contribution in [0.4, 0.5) is 8.78 Å². The van der Waals surface area contributed by atoms with Gasteiger partial charge in [-0.25, -0.2) is 8.78 Å². The van der Waals surface area contributed by atoms with Crippen LogP contribution in [0.3, 0.4) is 0 Å². The number of carbonyl (C=O) groups is 2. The summed E-state index contributed by atoms with van der Waals surface area (Å²) < 4.78 is 25.9. The van der Waals surface area contributed by atoms with E-state index in [4.69, 9.17) is 5.11 Å². The van der Waals surface area contributed by atoms with Gasteiger partial charge in [-0.05, 0) is 18.6 Å². The van der Waals surface area contributed by atoms with Crippen molar-refractivity contribution in [2.45, 2.75) is 12.5 Å². The lowest BCUT2D eigenvalue weighted by Crippen LogP contribution is -2.33. The average Bonchev–Trinajstić information content (AvgIpc) is 2.76. The highest BCUT2D eigenvalue weighted by Crippen LogP contribution is 2.18. The summed E-state index contributed by atoms with van der Waals surface area (Å²) in [6.45, 7) is 0. The number of carboxylic acids is 1. The van der Waals surface area contributed by atoms with Crippen molar-refractivity contribution in [3.05, 3.63) is 47.5 Å². The number of aliphatic carboxylic acids is 1. The maximum atomic E-state index is 13.0. The molecular formula is C13H11F2NO3. The van der Waals surface area contributed by atoms with Crippen molar-refractivity contribution in [1.82, 2.24) is 5.32 Å². The Morgan fingerprint density at radius 2 is 1.79 bits per heavy atom. The second kappa shape index (κ2) is 5.17. The van der Waals surface area contributed by atoms with Gasteiger partial charge in [-0.15, -0.1) is 0 Å². The average molecular weight is 267 g/mol. The minimum atomic E-state index is -0.968. The second-order valence-electron chi connectivity index (χ2n) is 4.30. The summed E-state index contributed by atoms with van der Waals surface area (Å²) in [4.78, 5) is 22.5. The van der Waals surface area contributed by atoms with Crippen LogP contribution in [0.1, 0.15) is 16.8 Å². The zero-order chi connectivity index (χ0) is 14.0. The van der Waals surface area contributed by atoms with Crippen LogP contribution in [0, 0.1) is 17.6 Å². The van der Waals surface area contributed by atoms with Gasteiger partial charge >= 0.3 is 5.97 Å². The highest BCUT2D eigenvalue weighted by atomic mass is 19.1. The minimum Gasteiger partial charge on any atom is -0.481 e. The van der Waals surface area contributed by atoms with Gasteiger partial charge < -0.3 is 10.4 Å². The van der Waals surface area contributed by atoms with Crippen LogP contribution in [-0.2, 0) is 4.79 Å². The predicted molar refractivity (Wildman–Crippen MR) is 62.5 cm³/mol.